The number of phenolic OH excluding ortho intramolecular Hbond substituents is 2. The van der Waals surface area contributed by atoms with Crippen LogP contribution in [0.4, 0.5) is 0 Å². The molecule has 0 atom stereocenters. The van der Waals surface area contributed by atoms with Crippen LogP contribution in [0.25, 0.3) is 0 Å². The summed E-state index contributed by atoms with van der Waals surface area (Å²) in [5, 5.41) is 21.2. The van der Waals surface area contributed by atoms with Gasteiger partial charge < -0.3 is 19.7 Å². The smallest absolute Gasteiger partial charge is 0.308 e. The molecule has 0 aliphatic rings. The van der Waals surface area contributed by atoms with Gasteiger partial charge in [-0.1, -0.05) is 25.5 Å². The van der Waals surface area contributed by atoms with Crippen molar-refractivity contribution in [3.8, 4) is 23.0 Å². The molecule has 0 spiro atoms. The quantitative estimate of drug-likeness (QED) is 0.445. The molecule has 0 saturated carbocycles. The minimum atomic E-state index is -0.558. The predicted octanol–water partition coefficient (Wildman–Crippen LogP) is 4.13. The minimum absolute atomic E-state index is 0.00148. The van der Waals surface area contributed by atoms with E-state index in [0.29, 0.717) is 29.9 Å². The van der Waals surface area contributed by atoms with Gasteiger partial charge >= 0.3 is 5.97 Å². The van der Waals surface area contributed by atoms with E-state index in [4.69, 9.17) is 9.47 Å². The Hall–Kier alpha value is -2.17. The van der Waals surface area contributed by atoms with Crippen LogP contribution in [-0.4, -0.2) is 23.3 Å². The molecular formula is C19H28O5. The number of allylic oxidation sites excluding steroid dienone is 2. The number of ether oxygens (including phenoxy) is 2. The summed E-state index contributed by atoms with van der Waals surface area (Å²) in [6, 6.07) is 0. The van der Waals surface area contributed by atoms with E-state index in [9.17, 15) is 15.0 Å². The van der Waals surface area contributed by atoms with Crippen molar-refractivity contribution in [3.05, 3.63) is 22.8 Å². The Kier molecular flexibility index (Phi) is 7.14. The van der Waals surface area contributed by atoms with Gasteiger partial charge in [-0.3, -0.25) is 4.79 Å². The molecule has 0 amide bonds. The van der Waals surface area contributed by atoms with Crippen LogP contribution in [0.1, 0.15) is 52.2 Å². The highest BCUT2D eigenvalue weighted by atomic mass is 16.6. The first-order valence-electron chi connectivity index (χ1n) is 8.14. The lowest BCUT2D eigenvalue weighted by molar-refractivity contribution is -0.132. The van der Waals surface area contributed by atoms with Gasteiger partial charge in [0.15, 0.2) is 11.5 Å². The molecule has 1 aromatic carbocycles. The normalized spacial score (nSPS) is 10.6. The summed E-state index contributed by atoms with van der Waals surface area (Å²) in [6.45, 7) is 9.30. The van der Waals surface area contributed by atoms with Crippen molar-refractivity contribution in [1.29, 1.82) is 0 Å². The largest absolute Gasteiger partial charge is 0.507 e. The van der Waals surface area contributed by atoms with Crippen molar-refractivity contribution in [2.75, 3.05) is 7.11 Å². The second-order valence-electron chi connectivity index (χ2n) is 6.53. The number of phenols is 2. The number of aromatic hydroxyl groups is 2. The number of benzene rings is 1. The summed E-state index contributed by atoms with van der Waals surface area (Å²) >= 11 is 0. The fraction of sp³-hybridized carbons (Fsp3) is 0.526. The standard InChI is InChI=1S/C19H28O5/c1-11(2)7-9-14-16(21)15(10-8-12(3)4)18(23-6)19(17(14)22)24-13(5)20/h8,11,21-22H,7,9-10H2,1-6H3. The molecule has 0 radical (unpaired) electrons. The maximum Gasteiger partial charge on any atom is 0.308 e. The molecule has 0 aromatic heterocycles. The fourth-order valence-corrected chi connectivity index (χ4v) is 2.40. The molecule has 2 N–H and O–H groups in total. The molecule has 134 valence electrons. The number of hydrogen-bond acceptors (Lipinski definition) is 5. The molecule has 5 nitrogen and oxygen atoms in total. The highest BCUT2D eigenvalue weighted by molar-refractivity contribution is 5.75. The van der Waals surface area contributed by atoms with Gasteiger partial charge in [0.05, 0.1) is 7.11 Å². The first-order valence-corrected chi connectivity index (χ1v) is 8.14. The number of hydrogen-bond donors (Lipinski definition) is 2. The second kappa shape index (κ2) is 8.62. The van der Waals surface area contributed by atoms with Crippen LogP contribution in [0, 0.1) is 5.92 Å². The minimum Gasteiger partial charge on any atom is -0.507 e. The van der Waals surface area contributed by atoms with Gasteiger partial charge in [0, 0.05) is 18.1 Å². The predicted molar refractivity (Wildman–Crippen MR) is 93.9 cm³/mol. The van der Waals surface area contributed by atoms with Gasteiger partial charge in [0.25, 0.3) is 0 Å². The summed E-state index contributed by atoms with van der Waals surface area (Å²) in [4.78, 5) is 11.4. The third-order valence-corrected chi connectivity index (χ3v) is 3.69. The Morgan fingerprint density at radius 2 is 1.71 bits per heavy atom. The van der Waals surface area contributed by atoms with Crippen LogP contribution in [0.3, 0.4) is 0 Å². The van der Waals surface area contributed by atoms with E-state index >= 15 is 0 Å². The van der Waals surface area contributed by atoms with Crippen LogP contribution in [0.5, 0.6) is 23.0 Å². The zero-order chi connectivity index (χ0) is 18.4. The zero-order valence-corrected chi connectivity index (χ0v) is 15.4. The van der Waals surface area contributed by atoms with Crippen molar-refractivity contribution < 1.29 is 24.5 Å². The molecule has 0 aliphatic heterocycles. The number of carbonyl (C=O) groups is 1. The third kappa shape index (κ3) is 4.91. The maximum absolute atomic E-state index is 11.4. The van der Waals surface area contributed by atoms with E-state index in [1.807, 2.05) is 19.9 Å². The number of carbonyl (C=O) groups excluding carboxylic acids is 1. The molecule has 0 bridgehead atoms. The van der Waals surface area contributed by atoms with Crippen LogP contribution in [0.15, 0.2) is 11.6 Å². The van der Waals surface area contributed by atoms with E-state index in [-0.39, 0.29) is 23.0 Å². The topological polar surface area (TPSA) is 76.0 Å². The van der Waals surface area contributed by atoms with Crippen molar-refractivity contribution in [3.63, 3.8) is 0 Å². The van der Waals surface area contributed by atoms with Crippen molar-refractivity contribution in [2.45, 2.75) is 53.9 Å². The van der Waals surface area contributed by atoms with Gasteiger partial charge in [-0.25, -0.2) is 0 Å². The second-order valence-corrected chi connectivity index (χ2v) is 6.53. The van der Waals surface area contributed by atoms with Gasteiger partial charge in [-0.2, -0.15) is 0 Å². The van der Waals surface area contributed by atoms with E-state index < -0.39 is 5.97 Å². The van der Waals surface area contributed by atoms with Gasteiger partial charge in [-0.15, -0.1) is 0 Å². The maximum atomic E-state index is 11.4. The molecule has 1 rings (SSSR count). The molecule has 0 saturated heterocycles. The monoisotopic (exact) mass is 336 g/mol. The van der Waals surface area contributed by atoms with Gasteiger partial charge in [0.2, 0.25) is 5.75 Å². The number of esters is 1. The molecular weight excluding hydrogens is 308 g/mol. The van der Waals surface area contributed by atoms with Crippen molar-refractivity contribution in [1.82, 2.24) is 0 Å². The lowest BCUT2D eigenvalue weighted by Gasteiger charge is -2.19. The summed E-state index contributed by atoms with van der Waals surface area (Å²) < 4.78 is 10.5. The molecule has 0 heterocycles. The molecule has 5 heteroatoms. The average molecular weight is 336 g/mol. The molecule has 24 heavy (non-hydrogen) atoms. The first-order chi connectivity index (χ1) is 11.2. The zero-order valence-electron chi connectivity index (χ0n) is 15.4. The molecule has 1 aromatic rings. The summed E-state index contributed by atoms with van der Waals surface area (Å²) in [5.74, 6) is -0.231. The van der Waals surface area contributed by atoms with E-state index in [0.717, 1.165) is 12.0 Å². The highest BCUT2D eigenvalue weighted by Crippen LogP contribution is 2.49. The van der Waals surface area contributed by atoms with E-state index in [1.54, 1.807) is 0 Å². The lowest BCUT2D eigenvalue weighted by atomic mass is 9.96. The number of methoxy groups -OCH3 is 1. The average Bonchev–Trinajstić information content (AvgIpc) is 2.47. The van der Waals surface area contributed by atoms with Gasteiger partial charge in [0.1, 0.15) is 5.75 Å². The summed E-state index contributed by atoms with van der Waals surface area (Å²) in [6.07, 6.45) is 3.63. The van der Waals surface area contributed by atoms with E-state index in [1.165, 1.54) is 14.0 Å². The fourth-order valence-electron chi connectivity index (χ4n) is 2.40. The van der Waals surface area contributed by atoms with Crippen LogP contribution in [0.2, 0.25) is 0 Å². The van der Waals surface area contributed by atoms with Gasteiger partial charge in [-0.05, 0) is 39.0 Å². The first kappa shape index (κ1) is 19.9. The summed E-state index contributed by atoms with van der Waals surface area (Å²) in [7, 11) is 1.42. The Balaban J connectivity index is 3.55. The Labute approximate surface area is 143 Å². The summed E-state index contributed by atoms with van der Waals surface area (Å²) in [5.41, 5.74) is 1.98. The molecule has 0 fully saturated rings. The highest BCUT2D eigenvalue weighted by Gasteiger charge is 2.26. The van der Waals surface area contributed by atoms with Crippen LogP contribution < -0.4 is 9.47 Å². The molecule has 0 unspecified atom stereocenters. The SMILES string of the molecule is COc1c(CC=C(C)C)c(O)c(CCC(C)C)c(O)c1OC(C)=O. The van der Waals surface area contributed by atoms with E-state index in [2.05, 4.69) is 13.8 Å². The Morgan fingerprint density at radius 3 is 2.17 bits per heavy atom. The Morgan fingerprint density at radius 1 is 1.08 bits per heavy atom. The third-order valence-electron chi connectivity index (χ3n) is 3.69. The van der Waals surface area contributed by atoms with Crippen molar-refractivity contribution in [2.24, 2.45) is 5.92 Å². The van der Waals surface area contributed by atoms with Crippen molar-refractivity contribution >= 4 is 5.97 Å². The lowest BCUT2D eigenvalue weighted by Crippen LogP contribution is -2.07. The van der Waals surface area contributed by atoms with Crippen LogP contribution in [-0.2, 0) is 17.6 Å². The number of rotatable bonds is 7. The van der Waals surface area contributed by atoms with Crippen LogP contribution >= 0.6 is 0 Å². The Bertz CT molecular complexity index is 625. The molecule has 0 aliphatic carbocycles.